The Kier molecular flexibility index (Phi) is 33.8. The van der Waals surface area contributed by atoms with E-state index in [1.807, 2.05) is 5.32 Å². The molecular weight excluding hydrogens is 1080 g/mol. The topological polar surface area (TPSA) is 591 Å². The highest BCUT2D eigenvalue weighted by Crippen LogP contribution is 2.10. The number of nitrogens with one attached hydrogen (secondary N) is 12. The quantitative estimate of drug-likeness (QED) is 0.0154. The molecule has 23 N–H and O–H groups in total. The van der Waals surface area contributed by atoms with E-state index in [4.69, 9.17) is 27.7 Å². The lowest BCUT2D eigenvalue weighted by atomic mass is 10.0. The molecule has 35 heteroatoms. The van der Waals surface area contributed by atoms with Crippen molar-refractivity contribution < 1.29 is 97.5 Å². The fourth-order valence-electron chi connectivity index (χ4n) is 6.94. The number of aliphatic carboxylic acids is 5. The van der Waals surface area contributed by atoms with E-state index in [2.05, 4.69) is 53.2 Å². The van der Waals surface area contributed by atoms with Crippen LogP contribution in [-0.2, 0) is 71.9 Å². The largest absolute Gasteiger partial charge is 0.481 e. The summed E-state index contributed by atoms with van der Waals surface area (Å²) >= 11 is 0. The third-order valence-corrected chi connectivity index (χ3v) is 11.2. The molecule has 81 heavy (non-hydrogen) atoms. The molecule has 35 nitrogen and oxygen atoms in total. The van der Waals surface area contributed by atoms with Crippen LogP contribution in [0.2, 0.25) is 0 Å². The van der Waals surface area contributed by atoms with E-state index in [0.29, 0.717) is 6.42 Å². The second-order valence-corrected chi connectivity index (χ2v) is 18.8. The highest BCUT2D eigenvalue weighted by molar-refractivity contribution is 5.99. The van der Waals surface area contributed by atoms with Crippen LogP contribution in [0.25, 0.3) is 0 Å². The number of amides is 10. The fraction of sp³-hybridized carbons (Fsp3) is 0.652. The summed E-state index contributed by atoms with van der Waals surface area (Å²) in [4.78, 5) is 190. The Balaban J connectivity index is 6.34. The summed E-state index contributed by atoms with van der Waals surface area (Å²) in [6.07, 6.45) is -4.62. The van der Waals surface area contributed by atoms with Crippen LogP contribution in [0.1, 0.15) is 105 Å². The Bertz CT molecular complexity index is 2270. The number of unbranched alkanes of at least 4 members (excludes halogenated alkanes) is 1. The van der Waals surface area contributed by atoms with Gasteiger partial charge in [0.25, 0.3) is 0 Å². The summed E-state index contributed by atoms with van der Waals surface area (Å²) in [5.74, 6) is -19.1. The first-order valence-corrected chi connectivity index (χ1v) is 25.4. The molecule has 0 aliphatic rings. The van der Waals surface area contributed by atoms with Gasteiger partial charge in [-0.1, -0.05) is 13.8 Å². The lowest BCUT2D eigenvalue weighted by molar-refractivity contribution is -0.142. The number of nitrogens with two attached hydrogens (primary N) is 3. The molecule has 9 atom stereocenters. The summed E-state index contributed by atoms with van der Waals surface area (Å²) < 4.78 is 0. The molecule has 0 spiro atoms. The SMILES string of the molecule is CC(C)C[C@H](NC(=O)[C@H](CCC(=O)O)NC(=O)[C@H](CCCCN)NC(=O)CNC(=O)[C@H](CC(=O)O)NC(=O)[C@H](CCC(=O)O)NC(=O)[C@H](CC(=O)O)NC(=O)[C@@H](N)CCCNC(=N)N)C(=O)N[C@@H](C)C(=O)NCC(=O)N[C@@H](C)C(=O)O. The van der Waals surface area contributed by atoms with Crippen LogP contribution in [0.4, 0.5) is 0 Å². The molecule has 0 rings (SSSR count). The smallest absolute Gasteiger partial charge is 0.325 e. The maximum atomic E-state index is 13.8. The monoisotopic (exact) mass is 1160 g/mol. The lowest BCUT2D eigenvalue weighted by Gasteiger charge is -2.26. The van der Waals surface area contributed by atoms with E-state index < -0.39 is 195 Å². The van der Waals surface area contributed by atoms with E-state index >= 15 is 0 Å². The van der Waals surface area contributed by atoms with E-state index in [9.17, 15) is 92.3 Å². The Morgan fingerprint density at radius 1 is 0.432 bits per heavy atom. The molecule has 0 heterocycles. The molecule has 0 saturated heterocycles. The van der Waals surface area contributed by atoms with E-state index in [1.54, 1.807) is 13.8 Å². The molecule has 0 radical (unpaired) electrons. The van der Waals surface area contributed by atoms with E-state index in [-0.39, 0.29) is 57.1 Å². The van der Waals surface area contributed by atoms with Crippen LogP contribution in [-0.4, -0.2) is 201 Å². The average molecular weight is 1160 g/mol. The van der Waals surface area contributed by atoms with Crippen LogP contribution >= 0.6 is 0 Å². The van der Waals surface area contributed by atoms with Crippen molar-refractivity contribution in [2.45, 2.75) is 159 Å². The van der Waals surface area contributed by atoms with Crippen molar-refractivity contribution in [2.75, 3.05) is 26.2 Å². The molecule has 0 bridgehead atoms. The van der Waals surface area contributed by atoms with Crippen molar-refractivity contribution in [3.05, 3.63) is 0 Å². The molecular formula is C46H77N15O20. The highest BCUT2D eigenvalue weighted by atomic mass is 16.4. The van der Waals surface area contributed by atoms with Crippen molar-refractivity contribution in [2.24, 2.45) is 23.1 Å². The van der Waals surface area contributed by atoms with Crippen LogP contribution < -0.4 is 75.7 Å². The van der Waals surface area contributed by atoms with Gasteiger partial charge < -0.3 is 101 Å². The first-order chi connectivity index (χ1) is 37.8. The van der Waals surface area contributed by atoms with Gasteiger partial charge in [0.05, 0.1) is 32.0 Å². The number of hydrogen-bond acceptors (Lipinski definition) is 18. The molecule has 0 aromatic heterocycles. The summed E-state index contributed by atoms with van der Waals surface area (Å²) in [5.41, 5.74) is 16.7. The number of guanidine groups is 1. The minimum Gasteiger partial charge on any atom is -0.481 e. The molecule has 0 saturated carbocycles. The zero-order chi connectivity index (χ0) is 62.1. The van der Waals surface area contributed by atoms with Gasteiger partial charge in [-0.25, -0.2) is 0 Å². The fourth-order valence-corrected chi connectivity index (χ4v) is 6.94. The summed E-state index contributed by atoms with van der Waals surface area (Å²) in [7, 11) is 0. The van der Waals surface area contributed by atoms with Gasteiger partial charge in [-0.2, -0.15) is 0 Å². The Hall–Kier alpha value is -8.76. The molecule has 0 aliphatic carbocycles. The van der Waals surface area contributed by atoms with Crippen molar-refractivity contribution in [3.8, 4) is 0 Å². The summed E-state index contributed by atoms with van der Waals surface area (Å²) in [5, 5.41) is 78.7. The molecule has 0 unspecified atom stereocenters. The van der Waals surface area contributed by atoms with Crippen LogP contribution in [0, 0.1) is 11.3 Å². The van der Waals surface area contributed by atoms with Gasteiger partial charge in [-0.3, -0.25) is 77.3 Å². The van der Waals surface area contributed by atoms with Crippen molar-refractivity contribution in [3.63, 3.8) is 0 Å². The number of carboxylic acids is 5. The number of carbonyl (C=O) groups is 15. The predicted molar refractivity (Wildman–Crippen MR) is 278 cm³/mol. The van der Waals surface area contributed by atoms with Gasteiger partial charge in [0.1, 0.15) is 48.3 Å². The summed E-state index contributed by atoms with van der Waals surface area (Å²) in [6.45, 7) is 4.39. The lowest BCUT2D eigenvalue weighted by Crippen LogP contribution is -2.59. The number of carbonyl (C=O) groups excluding carboxylic acids is 10. The standard InChI is InChI=1S/C46H77N15O20/c1-21(2)16-28(43(78)55-22(3)37(72)52-19-31(62)54-23(4)45(80)81)60-41(76)26(10-12-33(64)65)57-40(75)25(9-5-6-14-47)56-32(63)20-53-39(74)29(17-35(68)69)61-42(77)27(11-13-34(66)67)58-44(79)30(18-36(70)71)59-38(73)24(48)8-7-15-51-46(49)50/h21-30H,5-20,47-48H2,1-4H3,(H,52,72)(H,53,74)(H,54,62)(H,55,78)(H,56,63)(H,57,75)(H,58,79)(H,59,73)(H,60,76)(H,61,77)(H,64,65)(H,66,67)(H,68,69)(H,70,71)(H,80,81)(H4,49,50,51)/t22-,23-,24-,25-,26-,27-,28-,29-,30-/m0/s1. The number of hydrogen-bond donors (Lipinski definition) is 20. The van der Waals surface area contributed by atoms with Crippen molar-refractivity contribution in [1.82, 2.24) is 58.5 Å². The van der Waals surface area contributed by atoms with E-state index in [1.165, 1.54) is 13.8 Å². The minimum absolute atomic E-state index is 0.0294. The summed E-state index contributed by atoms with van der Waals surface area (Å²) in [6, 6.07) is -14.4. The Morgan fingerprint density at radius 2 is 0.852 bits per heavy atom. The van der Waals surface area contributed by atoms with Crippen LogP contribution in [0.3, 0.4) is 0 Å². The highest BCUT2D eigenvalue weighted by Gasteiger charge is 2.35. The molecule has 0 aromatic rings. The van der Waals surface area contributed by atoms with Gasteiger partial charge in [0.2, 0.25) is 59.1 Å². The average Bonchev–Trinajstić information content (AvgIpc) is 3.36. The molecule has 0 fully saturated rings. The molecule has 10 amide bonds. The Morgan fingerprint density at radius 3 is 1.31 bits per heavy atom. The van der Waals surface area contributed by atoms with Crippen LogP contribution in [0.5, 0.6) is 0 Å². The molecule has 0 aliphatic heterocycles. The van der Waals surface area contributed by atoms with Gasteiger partial charge >= 0.3 is 29.8 Å². The second-order valence-electron chi connectivity index (χ2n) is 18.8. The maximum absolute atomic E-state index is 13.8. The van der Waals surface area contributed by atoms with Crippen molar-refractivity contribution >= 4 is 94.9 Å². The number of rotatable bonds is 41. The van der Waals surface area contributed by atoms with Gasteiger partial charge in [0, 0.05) is 19.4 Å². The first-order valence-electron chi connectivity index (χ1n) is 25.4. The van der Waals surface area contributed by atoms with Crippen LogP contribution in [0.15, 0.2) is 0 Å². The third kappa shape index (κ3) is 32.0. The van der Waals surface area contributed by atoms with E-state index in [0.717, 1.165) is 0 Å². The van der Waals surface area contributed by atoms with Gasteiger partial charge in [-0.05, 0) is 77.7 Å². The molecule has 0 aromatic carbocycles. The zero-order valence-corrected chi connectivity index (χ0v) is 45.2. The predicted octanol–water partition coefficient (Wildman–Crippen LogP) is -7.33. The maximum Gasteiger partial charge on any atom is 0.325 e. The third-order valence-electron chi connectivity index (χ3n) is 11.2. The number of carboxylic acid groups (broad SMARTS) is 5. The Labute approximate surface area is 463 Å². The molecule has 456 valence electrons. The minimum atomic E-state index is -2.05. The zero-order valence-electron chi connectivity index (χ0n) is 45.2. The van der Waals surface area contributed by atoms with Gasteiger partial charge in [0.15, 0.2) is 5.96 Å². The first kappa shape index (κ1) is 72.2. The van der Waals surface area contributed by atoms with Gasteiger partial charge in [-0.15, -0.1) is 0 Å². The normalized spacial score (nSPS) is 14.1. The second kappa shape index (κ2) is 37.9. The van der Waals surface area contributed by atoms with Crippen molar-refractivity contribution in [1.29, 1.82) is 5.41 Å².